The van der Waals surface area contributed by atoms with E-state index < -0.39 is 22.2 Å². The van der Waals surface area contributed by atoms with Crippen LogP contribution in [0, 0.1) is 6.92 Å². The quantitative estimate of drug-likeness (QED) is 0.827. The van der Waals surface area contributed by atoms with Crippen molar-refractivity contribution >= 4 is 23.5 Å². The third-order valence-electron chi connectivity index (χ3n) is 3.76. The molecule has 1 aromatic heterocycles. The van der Waals surface area contributed by atoms with Gasteiger partial charge in [0.05, 0.1) is 16.1 Å². The molecule has 8 heteroatoms. The second-order valence-corrected chi connectivity index (χ2v) is 6.79. The van der Waals surface area contributed by atoms with E-state index in [-0.39, 0.29) is 11.5 Å². The first-order valence-electron chi connectivity index (χ1n) is 6.96. The van der Waals surface area contributed by atoms with Crippen LogP contribution in [-0.2, 0) is 11.0 Å². The van der Waals surface area contributed by atoms with Gasteiger partial charge in [0.15, 0.2) is 5.82 Å². The Hall–Kier alpha value is -1.96. The number of hydrogen-bond acceptors (Lipinski definition) is 3. The summed E-state index contributed by atoms with van der Waals surface area (Å²) in [6, 6.07) is 5.46. The maximum atomic E-state index is 13.4. The van der Waals surface area contributed by atoms with Gasteiger partial charge in [-0.25, -0.2) is 0 Å². The molecule has 1 aliphatic rings. The van der Waals surface area contributed by atoms with Crippen molar-refractivity contribution in [2.45, 2.75) is 30.5 Å². The van der Waals surface area contributed by atoms with Crippen molar-refractivity contribution in [1.29, 1.82) is 0 Å². The minimum Gasteiger partial charge on any atom is -0.308 e. The van der Waals surface area contributed by atoms with Crippen LogP contribution in [0.15, 0.2) is 24.3 Å². The van der Waals surface area contributed by atoms with Crippen molar-refractivity contribution in [3.05, 3.63) is 46.6 Å². The van der Waals surface area contributed by atoms with Crippen molar-refractivity contribution in [3.63, 3.8) is 0 Å². The summed E-state index contributed by atoms with van der Waals surface area (Å²) in [5.74, 6) is 0.0288. The number of aromatic nitrogens is 2. The van der Waals surface area contributed by atoms with Crippen molar-refractivity contribution in [2.24, 2.45) is 0 Å². The number of hydrogen-bond donors (Lipinski definition) is 2. The van der Waals surface area contributed by atoms with Gasteiger partial charge in [-0.2, -0.15) is 18.3 Å². The Morgan fingerprint density at radius 2 is 1.96 bits per heavy atom. The number of halogens is 3. The van der Waals surface area contributed by atoms with Gasteiger partial charge in [-0.05, 0) is 25.5 Å². The molecule has 2 heterocycles. The summed E-state index contributed by atoms with van der Waals surface area (Å²) >= 11 is 1.19. The number of aryl methyl sites for hydroxylation is 1. The fraction of sp³-hybridized carbons (Fsp3) is 0.333. The maximum absolute atomic E-state index is 13.4. The number of carbonyl (C=O) groups is 1. The number of carbonyl (C=O) groups excluding carboxylic acids is 1. The number of benzene rings is 1. The highest BCUT2D eigenvalue weighted by molar-refractivity contribution is 8.01. The van der Waals surface area contributed by atoms with Crippen molar-refractivity contribution in [1.82, 2.24) is 10.2 Å². The van der Waals surface area contributed by atoms with Crippen LogP contribution in [0.25, 0.3) is 0 Å². The lowest BCUT2D eigenvalue weighted by atomic mass is 9.98. The number of aromatic amines is 1. The molecule has 0 aliphatic carbocycles. The van der Waals surface area contributed by atoms with E-state index in [0.29, 0.717) is 17.1 Å². The number of anilines is 1. The van der Waals surface area contributed by atoms with Crippen LogP contribution >= 0.6 is 11.8 Å². The molecular weight excluding hydrogens is 327 g/mol. The summed E-state index contributed by atoms with van der Waals surface area (Å²) in [4.78, 5) is 12.0. The van der Waals surface area contributed by atoms with Gasteiger partial charge in [0, 0.05) is 11.3 Å². The molecule has 0 unspecified atom stereocenters. The summed E-state index contributed by atoms with van der Waals surface area (Å²) < 4.78 is 40.1. The topological polar surface area (TPSA) is 57.8 Å². The van der Waals surface area contributed by atoms with Crippen molar-refractivity contribution in [3.8, 4) is 0 Å². The number of nitrogens with one attached hydrogen (secondary N) is 2. The van der Waals surface area contributed by atoms with E-state index in [1.165, 1.54) is 23.9 Å². The number of amides is 1. The monoisotopic (exact) mass is 341 g/mol. The molecule has 0 saturated heterocycles. The number of H-pyrrole nitrogens is 1. The molecule has 0 saturated carbocycles. The van der Waals surface area contributed by atoms with Gasteiger partial charge in [-0.1, -0.05) is 18.2 Å². The molecular formula is C15H14F3N3OS. The molecule has 4 nitrogen and oxygen atoms in total. The van der Waals surface area contributed by atoms with Gasteiger partial charge in [-0.3, -0.25) is 9.89 Å². The minimum atomic E-state index is -4.46. The lowest BCUT2D eigenvalue weighted by Gasteiger charge is -2.21. The number of nitrogens with zero attached hydrogens (tertiary/aromatic N) is 1. The first-order valence-corrected chi connectivity index (χ1v) is 7.90. The molecule has 2 N–H and O–H groups in total. The Bertz CT molecular complexity index is 757. The van der Waals surface area contributed by atoms with Gasteiger partial charge in [-0.15, -0.1) is 11.8 Å². The number of alkyl halides is 3. The van der Waals surface area contributed by atoms with Crippen molar-refractivity contribution < 1.29 is 18.0 Å². The number of thioether (sulfide) groups is 1. The third kappa shape index (κ3) is 2.83. The summed E-state index contributed by atoms with van der Waals surface area (Å²) in [6.45, 7) is 3.41. The van der Waals surface area contributed by atoms with E-state index in [1.54, 1.807) is 19.9 Å². The van der Waals surface area contributed by atoms with E-state index in [9.17, 15) is 18.0 Å². The zero-order valence-corrected chi connectivity index (χ0v) is 13.2. The Morgan fingerprint density at radius 1 is 1.26 bits per heavy atom. The molecule has 1 amide bonds. The molecule has 2 aromatic rings. The zero-order valence-electron chi connectivity index (χ0n) is 12.4. The predicted molar refractivity (Wildman–Crippen MR) is 82.3 cm³/mol. The average molecular weight is 341 g/mol. The molecule has 0 radical (unpaired) electrons. The summed E-state index contributed by atoms with van der Waals surface area (Å²) in [5.41, 5.74) is 0.679. The third-order valence-corrected chi connectivity index (χ3v) is 5.14. The Morgan fingerprint density at radius 3 is 2.65 bits per heavy atom. The maximum Gasteiger partial charge on any atom is 0.416 e. The van der Waals surface area contributed by atoms with Crippen molar-refractivity contribution in [2.75, 3.05) is 5.32 Å². The van der Waals surface area contributed by atoms with E-state index in [1.807, 2.05) is 0 Å². The van der Waals surface area contributed by atoms with Crippen LogP contribution in [0.2, 0.25) is 0 Å². The summed E-state index contributed by atoms with van der Waals surface area (Å²) in [7, 11) is 0. The molecule has 23 heavy (non-hydrogen) atoms. The fourth-order valence-corrected chi connectivity index (χ4v) is 3.99. The normalized spacial score (nSPS) is 21.5. The highest BCUT2D eigenvalue weighted by Crippen LogP contribution is 2.48. The van der Waals surface area contributed by atoms with Crippen LogP contribution in [0.1, 0.15) is 34.6 Å². The molecule has 0 spiro atoms. The smallest absolute Gasteiger partial charge is 0.308 e. The van der Waals surface area contributed by atoms with E-state index in [0.717, 1.165) is 6.07 Å². The average Bonchev–Trinajstić information content (AvgIpc) is 2.78. The van der Waals surface area contributed by atoms with E-state index in [2.05, 4.69) is 15.5 Å². The molecule has 1 aromatic carbocycles. The molecule has 0 fully saturated rings. The lowest BCUT2D eigenvalue weighted by molar-refractivity contribution is -0.138. The molecule has 0 bridgehead atoms. The second-order valence-electron chi connectivity index (χ2n) is 5.34. The van der Waals surface area contributed by atoms with Gasteiger partial charge < -0.3 is 5.32 Å². The molecule has 1 aliphatic heterocycles. The fourth-order valence-electron chi connectivity index (χ4n) is 2.62. The van der Waals surface area contributed by atoms with Crippen LogP contribution in [0.4, 0.5) is 19.0 Å². The lowest BCUT2D eigenvalue weighted by Crippen LogP contribution is -2.21. The summed E-state index contributed by atoms with van der Waals surface area (Å²) in [5, 5.41) is 8.31. The first kappa shape index (κ1) is 15.9. The number of rotatable bonds is 1. The number of fused-ring (bicyclic) bond motifs is 1. The Labute approximate surface area is 134 Å². The Balaban J connectivity index is 2.19. The minimum absolute atomic E-state index is 0.138. The van der Waals surface area contributed by atoms with Crippen LogP contribution in [0.5, 0.6) is 0 Å². The van der Waals surface area contributed by atoms with Gasteiger partial charge >= 0.3 is 6.18 Å². The van der Waals surface area contributed by atoms with Gasteiger partial charge in [0.25, 0.3) is 0 Å². The first-order chi connectivity index (χ1) is 10.8. The predicted octanol–water partition coefficient (Wildman–Crippen LogP) is 3.90. The van der Waals surface area contributed by atoms with Gasteiger partial charge in [0.1, 0.15) is 0 Å². The second kappa shape index (κ2) is 5.59. The van der Waals surface area contributed by atoms with Crippen LogP contribution < -0.4 is 5.32 Å². The molecule has 2 atom stereocenters. The zero-order chi connectivity index (χ0) is 16.8. The standard InChI is InChI=1S/C15H14F3N3OS/c1-7-11-12(9-5-3-4-6-10(9)15(16,17)18)23-8(2)14(22)19-13(11)21-20-7/h3-6,8,12H,1-2H3,(H2,19,20,21,22)/t8-,12-/m1/s1. The van der Waals surface area contributed by atoms with Crippen LogP contribution in [0.3, 0.4) is 0 Å². The van der Waals surface area contributed by atoms with Gasteiger partial charge in [0.2, 0.25) is 5.91 Å². The SMILES string of the molecule is Cc1[nH]nc2c1[C@@H](c1ccccc1C(F)(F)F)S[C@H](C)C(=O)N2. The molecule has 3 rings (SSSR count). The highest BCUT2D eigenvalue weighted by atomic mass is 32.2. The molecule has 122 valence electrons. The highest BCUT2D eigenvalue weighted by Gasteiger charge is 2.39. The van der Waals surface area contributed by atoms with E-state index >= 15 is 0 Å². The Kier molecular flexibility index (Phi) is 3.87. The van der Waals surface area contributed by atoms with E-state index in [4.69, 9.17) is 0 Å². The van der Waals surface area contributed by atoms with Crippen LogP contribution in [-0.4, -0.2) is 21.4 Å². The summed E-state index contributed by atoms with van der Waals surface area (Å²) in [6.07, 6.45) is -4.46. The largest absolute Gasteiger partial charge is 0.416 e.